The molecule has 2 heteroatoms. The van der Waals surface area contributed by atoms with Crippen molar-refractivity contribution in [3.63, 3.8) is 0 Å². The average molecular weight is 240 g/mol. The van der Waals surface area contributed by atoms with E-state index in [1.807, 2.05) is 18.2 Å². The maximum atomic E-state index is 9.08. The molecule has 0 unspecified atom stereocenters. The molecule has 2 rings (SSSR count). The van der Waals surface area contributed by atoms with Crippen molar-refractivity contribution in [1.82, 2.24) is 4.90 Å². The van der Waals surface area contributed by atoms with Crippen molar-refractivity contribution < 1.29 is 0 Å². The van der Waals surface area contributed by atoms with E-state index in [9.17, 15) is 0 Å². The second-order valence-corrected chi connectivity index (χ2v) is 5.00. The van der Waals surface area contributed by atoms with Crippen LogP contribution in [0.2, 0.25) is 0 Å². The molecule has 2 nitrogen and oxygen atoms in total. The summed E-state index contributed by atoms with van der Waals surface area (Å²) in [6.07, 6.45) is 4.34. The van der Waals surface area contributed by atoms with Crippen molar-refractivity contribution in [2.75, 3.05) is 19.6 Å². The number of nitrogens with zero attached hydrogens (tertiary/aromatic N) is 2. The fourth-order valence-corrected chi connectivity index (χ4v) is 2.83. The van der Waals surface area contributed by atoms with Crippen LogP contribution in [0.4, 0.5) is 0 Å². The van der Waals surface area contributed by atoms with Gasteiger partial charge in [0.25, 0.3) is 0 Å². The first kappa shape index (κ1) is 12.9. The second-order valence-electron chi connectivity index (χ2n) is 5.00. The normalized spacial score (nSPS) is 17.3. The molecule has 0 amide bonds. The molecule has 0 atom stereocenters. The summed E-state index contributed by atoms with van der Waals surface area (Å²) in [6.45, 7) is 9.12. The number of likely N-dealkylation sites (tertiary alicyclic amines) is 1. The van der Waals surface area contributed by atoms with Gasteiger partial charge in [0.1, 0.15) is 0 Å². The van der Waals surface area contributed by atoms with Gasteiger partial charge in [0.15, 0.2) is 0 Å². The van der Waals surface area contributed by atoms with Crippen LogP contribution in [0.15, 0.2) is 30.9 Å². The van der Waals surface area contributed by atoms with E-state index < -0.39 is 0 Å². The summed E-state index contributed by atoms with van der Waals surface area (Å²) in [5.74, 6) is 0.611. The van der Waals surface area contributed by atoms with Crippen LogP contribution in [-0.4, -0.2) is 24.5 Å². The van der Waals surface area contributed by atoms with Crippen molar-refractivity contribution in [3.8, 4) is 6.07 Å². The van der Waals surface area contributed by atoms with Gasteiger partial charge in [-0.25, -0.2) is 0 Å². The van der Waals surface area contributed by atoms with Crippen LogP contribution in [0.25, 0.3) is 0 Å². The second kappa shape index (κ2) is 5.84. The van der Waals surface area contributed by atoms with Crippen molar-refractivity contribution >= 4 is 0 Å². The van der Waals surface area contributed by atoms with Crippen molar-refractivity contribution in [3.05, 3.63) is 47.5 Å². The monoisotopic (exact) mass is 240 g/mol. The van der Waals surface area contributed by atoms with Gasteiger partial charge in [-0.3, -0.25) is 4.90 Å². The number of hydrogen-bond donors (Lipinski definition) is 0. The number of benzene rings is 1. The third-order valence-electron chi connectivity index (χ3n) is 3.91. The zero-order chi connectivity index (χ0) is 13.0. The van der Waals surface area contributed by atoms with Gasteiger partial charge >= 0.3 is 0 Å². The lowest BCUT2D eigenvalue weighted by atomic mass is 9.85. The maximum Gasteiger partial charge on any atom is 0.0994 e. The Kier molecular flexibility index (Phi) is 4.17. The first-order valence-electron chi connectivity index (χ1n) is 6.59. The number of hydrogen-bond acceptors (Lipinski definition) is 2. The first-order valence-corrected chi connectivity index (χ1v) is 6.59. The summed E-state index contributed by atoms with van der Waals surface area (Å²) >= 11 is 0. The van der Waals surface area contributed by atoms with Crippen LogP contribution in [0.1, 0.15) is 35.4 Å². The zero-order valence-electron chi connectivity index (χ0n) is 11.0. The Balaban J connectivity index is 2.10. The average Bonchev–Trinajstić information content (AvgIpc) is 2.41. The molecule has 0 aromatic heterocycles. The molecule has 0 aliphatic carbocycles. The highest BCUT2D eigenvalue weighted by molar-refractivity contribution is 5.43. The fourth-order valence-electron chi connectivity index (χ4n) is 2.83. The quantitative estimate of drug-likeness (QED) is 0.758. The molecule has 0 radical (unpaired) electrons. The maximum absolute atomic E-state index is 9.08. The van der Waals surface area contributed by atoms with Crippen molar-refractivity contribution in [1.29, 1.82) is 5.26 Å². The van der Waals surface area contributed by atoms with E-state index in [0.29, 0.717) is 5.92 Å². The molecule has 1 aliphatic rings. The smallest absolute Gasteiger partial charge is 0.0994 e. The van der Waals surface area contributed by atoms with Gasteiger partial charge in [-0.1, -0.05) is 18.2 Å². The van der Waals surface area contributed by atoms with E-state index in [2.05, 4.69) is 30.5 Å². The Labute approximate surface area is 110 Å². The van der Waals surface area contributed by atoms with Crippen molar-refractivity contribution in [2.24, 2.45) is 0 Å². The first-order chi connectivity index (χ1) is 8.76. The molecule has 18 heavy (non-hydrogen) atoms. The number of nitriles is 1. The lowest BCUT2D eigenvalue weighted by Crippen LogP contribution is -2.33. The van der Waals surface area contributed by atoms with E-state index in [1.54, 1.807) is 0 Å². The molecule has 0 bridgehead atoms. The summed E-state index contributed by atoms with van der Waals surface area (Å²) in [5.41, 5.74) is 3.36. The van der Waals surface area contributed by atoms with E-state index in [1.165, 1.54) is 24.0 Å². The third kappa shape index (κ3) is 2.63. The van der Waals surface area contributed by atoms with Crippen LogP contribution in [0.3, 0.4) is 0 Å². The molecule has 1 aromatic carbocycles. The fraction of sp³-hybridized carbons (Fsp3) is 0.438. The van der Waals surface area contributed by atoms with Crippen molar-refractivity contribution in [2.45, 2.75) is 25.7 Å². The van der Waals surface area contributed by atoms with Gasteiger partial charge in [0.05, 0.1) is 11.6 Å². The predicted molar refractivity (Wildman–Crippen MR) is 74.5 cm³/mol. The predicted octanol–water partition coefficient (Wildman–Crippen LogP) is 3.23. The topological polar surface area (TPSA) is 27.0 Å². The summed E-state index contributed by atoms with van der Waals surface area (Å²) in [6, 6.07) is 8.38. The zero-order valence-corrected chi connectivity index (χ0v) is 11.0. The van der Waals surface area contributed by atoms with Crippen LogP contribution < -0.4 is 0 Å². The summed E-state index contributed by atoms with van der Waals surface area (Å²) in [7, 11) is 0. The Bertz CT molecular complexity index is 462. The Morgan fingerprint density at radius 1 is 1.44 bits per heavy atom. The molecule has 0 saturated carbocycles. The molecule has 1 aromatic rings. The SMILES string of the molecule is C=CCN1CCC(c2cccc(C#N)c2C)CC1. The highest BCUT2D eigenvalue weighted by atomic mass is 15.1. The molecular weight excluding hydrogens is 220 g/mol. The Morgan fingerprint density at radius 3 is 2.78 bits per heavy atom. The van der Waals surface area contributed by atoms with E-state index in [4.69, 9.17) is 5.26 Å². The molecule has 0 N–H and O–H groups in total. The summed E-state index contributed by atoms with van der Waals surface area (Å²) < 4.78 is 0. The van der Waals surface area contributed by atoms with E-state index in [-0.39, 0.29) is 0 Å². The van der Waals surface area contributed by atoms with Gasteiger partial charge in [-0.15, -0.1) is 6.58 Å². The van der Waals surface area contributed by atoms with Gasteiger partial charge < -0.3 is 0 Å². The van der Waals surface area contributed by atoms with Gasteiger partial charge in [-0.2, -0.15) is 5.26 Å². The minimum atomic E-state index is 0.611. The number of piperidine rings is 1. The lowest BCUT2D eigenvalue weighted by molar-refractivity contribution is 0.232. The minimum absolute atomic E-state index is 0.611. The molecule has 1 fully saturated rings. The van der Waals surface area contributed by atoms with Gasteiger partial charge in [-0.05, 0) is 56.0 Å². The number of rotatable bonds is 3. The molecule has 94 valence electrons. The summed E-state index contributed by atoms with van der Waals surface area (Å²) in [4.78, 5) is 2.44. The molecule has 1 aliphatic heterocycles. The highest BCUT2D eigenvalue weighted by Crippen LogP contribution is 2.31. The van der Waals surface area contributed by atoms with Crippen LogP contribution in [-0.2, 0) is 0 Å². The van der Waals surface area contributed by atoms with Crippen LogP contribution in [0.5, 0.6) is 0 Å². The van der Waals surface area contributed by atoms with Gasteiger partial charge in [0.2, 0.25) is 0 Å². The largest absolute Gasteiger partial charge is 0.300 e. The summed E-state index contributed by atoms with van der Waals surface area (Å²) in [5, 5.41) is 9.08. The van der Waals surface area contributed by atoms with Gasteiger partial charge in [0, 0.05) is 6.54 Å². The molecule has 1 saturated heterocycles. The van der Waals surface area contributed by atoms with Crippen LogP contribution in [0, 0.1) is 18.3 Å². The third-order valence-corrected chi connectivity index (χ3v) is 3.91. The minimum Gasteiger partial charge on any atom is -0.300 e. The Hall–Kier alpha value is -1.59. The molecular formula is C16H20N2. The lowest BCUT2D eigenvalue weighted by Gasteiger charge is -2.32. The standard InChI is InChI=1S/C16H20N2/c1-3-9-18-10-7-14(8-11-18)16-6-4-5-15(12-17)13(16)2/h3-6,14H,1,7-11H2,2H3. The van der Waals surface area contributed by atoms with E-state index >= 15 is 0 Å². The van der Waals surface area contributed by atoms with Crippen LogP contribution >= 0.6 is 0 Å². The molecule has 1 heterocycles. The Morgan fingerprint density at radius 2 is 2.17 bits per heavy atom. The highest BCUT2D eigenvalue weighted by Gasteiger charge is 2.21. The van der Waals surface area contributed by atoms with E-state index in [0.717, 1.165) is 25.2 Å². The molecule has 0 spiro atoms.